The van der Waals surface area contributed by atoms with Crippen LogP contribution in [0.4, 0.5) is 23.1 Å². The zero-order valence-corrected chi connectivity index (χ0v) is 24.3. The highest BCUT2D eigenvalue weighted by Gasteiger charge is 2.27. The lowest BCUT2D eigenvalue weighted by molar-refractivity contribution is 0.415. The molecule has 0 spiro atoms. The molecule has 0 atom stereocenters. The minimum Gasteiger partial charge on any atom is -0.497 e. The van der Waals surface area contributed by atoms with Gasteiger partial charge in [0.1, 0.15) is 10.6 Å². The molecule has 1 N–H and O–H groups in total. The highest BCUT2D eigenvalue weighted by atomic mass is 32.2. The number of benzene rings is 2. The van der Waals surface area contributed by atoms with Crippen LogP contribution in [-0.4, -0.2) is 57.9 Å². The summed E-state index contributed by atoms with van der Waals surface area (Å²) in [4.78, 5) is 14.2. The molecule has 38 heavy (non-hydrogen) atoms. The van der Waals surface area contributed by atoms with E-state index in [1.807, 2.05) is 26.0 Å². The van der Waals surface area contributed by atoms with Gasteiger partial charge in [0.05, 0.1) is 12.8 Å². The van der Waals surface area contributed by atoms with Crippen LogP contribution < -0.4 is 19.9 Å². The highest BCUT2D eigenvalue weighted by Crippen LogP contribution is 2.33. The summed E-state index contributed by atoms with van der Waals surface area (Å²) in [7, 11) is -1.90. The second kappa shape index (κ2) is 10.8. The standard InChI is InChI=1S/C29H39N5O3S/c1-8-24-26(38(7,35)36)27(30-25-19-21(29(3,4)5)10-9-20(25)2)32-28(31-24)34-17-15-33(16-18-34)22-11-13-23(37-6)14-12-22/h9-14,19H,8,15-18H2,1-7H3,(H,30,31,32). The molecule has 1 aliphatic rings. The molecule has 2 heterocycles. The normalized spacial score (nSPS) is 14.5. The van der Waals surface area contributed by atoms with Gasteiger partial charge in [-0.2, -0.15) is 4.98 Å². The van der Waals surface area contributed by atoms with Crippen molar-refractivity contribution in [2.45, 2.75) is 51.3 Å². The van der Waals surface area contributed by atoms with Crippen molar-refractivity contribution in [1.29, 1.82) is 0 Å². The number of sulfone groups is 1. The third kappa shape index (κ3) is 6.04. The number of ether oxygens (including phenoxy) is 1. The molecule has 4 rings (SSSR count). The van der Waals surface area contributed by atoms with Gasteiger partial charge in [0.15, 0.2) is 15.7 Å². The molecule has 0 radical (unpaired) electrons. The van der Waals surface area contributed by atoms with Crippen LogP contribution in [0.2, 0.25) is 0 Å². The fourth-order valence-electron chi connectivity index (χ4n) is 4.65. The molecule has 8 nitrogen and oxygen atoms in total. The lowest BCUT2D eigenvalue weighted by atomic mass is 9.86. The number of nitrogens with zero attached hydrogens (tertiary/aromatic N) is 4. The van der Waals surface area contributed by atoms with Crippen molar-refractivity contribution in [2.75, 3.05) is 54.7 Å². The summed E-state index contributed by atoms with van der Waals surface area (Å²) < 4.78 is 31.1. The van der Waals surface area contributed by atoms with Crippen LogP contribution in [0, 0.1) is 6.92 Å². The Hall–Kier alpha value is -3.33. The zero-order valence-electron chi connectivity index (χ0n) is 23.5. The summed E-state index contributed by atoms with van der Waals surface area (Å²) in [5.74, 6) is 1.72. The molecule has 204 valence electrons. The SMILES string of the molecule is CCc1nc(N2CCN(c3ccc(OC)cc3)CC2)nc(Nc2cc(C(C)(C)C)ccc2C)c1S(C)(=O)=O. The lowest BCUT2D eigenvalue weighted by Gasteiger charge is -2.36. The van der Waals surface area contributed by atoms with Crippen molar-refractivity contribution >= 4 is 33.0 Å². The average molecular weight is 538 g/mol. The van der Waals surface area contributed by atoms with Gasteiger partial charge in [0.2, 0.25) is 5.95 Å². The molecule has 1 aliphatic heterocycles. The van der Waals surface area contributed by atoms with E-state index in [9.17, 15) is 8.42 Å². The van der Waals surface area contributed by atoms with E-state index in [-0.39, 0.29) is 10.3 Å². The van der Waals surface area contributed by atoms with Gasteiger partial charge in [-0.3, -0.25) is 0 Å². The molecule has 0 saturated carbocycles. The number of anilines is 4. The van der Waals surface area contributed by atoms with Crippen LogP contribution in [0.15, 0.2) is 47.4 Å². The molecule has 1 saturated heterocycles. The van der Waals surface area contributed by atoms with Gasteiger partial charge < -0.3 is 19.9 Å². The monoisotopic (exact) mass is 537 g/mol. The quantitative estimate of drug-likeness (QED) is 0.444. The van der Waals surface area contributed by atoms with Crippen molar-refractivity contribution in [3.05, 3.63) is 59.3 Å². The summed E-state index contributed by atoms with van der Waals surface area (Å²) in [6.07, 6.45) is 1.71. The van der Waals surface area contributed by atoms with Crippen molar-refractivity contribution in [1.82, 2.24) is 9.97 Å². The van der Waals surface area contributed by atoms with Crippen LogP contribution in [0.1, 0.15) is 44.5 Å². The molecule has 0 unspecified atom stereocenters. The maximum absolute atomic E-state index is 12.9. The molecular weight excluding hydrogens is 498 g/mol. The van der Waals surface area contributed by atoms with E-state index in [1.165, 1.54) is 6.26 Å². The van der Waals surface area contributed by atoms with Crippen LogP contribution >= 0.6 is 0 Å². The molecule has 3 aromatic rings. The highest BCUT2D eigenvalue weighted by molar-refractivity contribution is 7.91. The van der Waals surface area contributed by atoms with Gasteiger partial charge in [-0.25, -0.2) is 13.4 Å². The van der Waals surface area contributed by atoms with E-state index in [2.05, 4.69) is 66.2 Å². The Morgan fingerprint density at radius 1 is 0.974 bits per heavy atom. The fourth-order valence-corrected chi connectivity index (χ4v) is 5.71. The summed E-state index contributed by atoms with van der Waals surface area (Å²) in [6, 6.07) is 14.3. The van der Waals surface area contributed by atoms with Gasteiger partial charge >= 0.3 is 0 Å². The van der Waals surface area contributed by atoms with E-state index < -0.39 is 9.84 Å². The molecule has 1 fully saturated rings. The van der Waals surface area contributed by atoms with Gasteiger partial charge in [-0.15, -0.1) is 0 Å². The molecule has 9 heteroatoms. The zero-order chi connectivity index (χ0) is 27.7. The van der Waals surface area contributed by atoms with Crippen LogP contribution in [-0.2, 0) is 21.7 Å². The maximum atomic E-state index is 12.9. The lowest BCUT2D eigenvalue weighted by Crippen LogP contribution is -2.47. The molecule has 0 amide bonds. The molecular formula is C29H39N5O3S. The second-order valence-electron chi connectivity index (χ2n) is 10.9. The maximum Gasteiger partial charge on any atom is 0.227 e. The number of rotatable bonds is 7. The Kier molecular flexibility index (Phi) is 7.88. The van der Waals surface area contributed by atoms with Crippen molar-refractivity contribution in [3.63, 3.8) is 0 Å². The Morgan fingerprint density at radius 2 is 1.61 bits per heavy atom. The van der Waals surface area contributed by atoms with E-state index in [1.54, 1.807) is 7.11 Å². The summed E-state index contributed by atoms with van der Waals surface area (Å²) in [6.45, 7) is 13.5. The number of aryl methyl sites for hydroxylation is 2. The first-order valence-corrected chi connectivity index (χ1v) is 14.9. The molecule has 1 aromatic heterocycles. The number of piperazine rings is 1. The predicted octanol–water partition coefficient (Wildman–Crippen LogP) is 5.13. The van der Waals surface area contributed by atoms with E-state index in [0.717, 1.165) is 54.4 Å². The number of nitrogens with one attached hydrogen (secondary N) is 1. The van der Waals surface area contributed by atoms with E-state index in [4.69, 9.17) is 14.7 Å². The third-order valence-electron chi connectivity index (χ3n) is 6.99. The average Bonchev–Trinajstić information content (AvgIpc) is 2.88. The fraction of sp³-hybridized carbons (Fsp3) is 0.448. The molecule has 0 aliphatic carbocycles. The smallest absolute Gasteiger partial charge is 0.227 e. The Labute approximate surface area is 227 Å². The molecule has 2 aromatic carbocycles. The van der Waals surface area contributed by atoms with E-state index >= 15 is 0 Å². The van der Waals surface area contributed by atoms with Gasteiger partial charge in [-0.05, 0) is 60.2 Å². The minimum absolute atomic E-state index is 0.0429. The second-order valence-corrected chi connectivity index (χ2v) is 12.8. The first-order chi connectivity index (χ1) is 17.9. The van der Waals surface area contributed by atoms with Gasteiger partial charge in [-0.1, -0.05) is 39.8 Å². The minimum atomic E-state index is -3.57. The topological polar surface area (TPSA) is 87.7 Å². The third-order valence-corrected chi connectivity index (χ3v) is 8.16. The first kappa shape index (κ1) is 27.7. The number of hydrogen-bond donors (Lipinski definition) is 1. The Balaban J connectivity index is 1.67. The van der Waals surface area contributed by atoms with Crippen LogP contribution in [0.3, 0.4) is 0 Å². The van der Waals surface area contributed by atoms with Gasteiger partial charge in [0, 0.05) is 43.8 Å². The first-order valence-electron chi connectivity index (χ1n) is 13.0. The van der Waals surface area contributed by atoms with Crippen molar-refractivity contribution in [2.24, 2.45) is 0 Å². The Bertz CT molecular complexity index is 1390. The number of methoxy groups -OCH3 is 1. The van der Waals surface area contributed by atoms with Gasteiger partial charge in [0.25, 0.3) is 0 Å². The Morgan fingerprint density at radius 3 is 2.16 bits per heavy atom. The number of hydrogen-bond acceptors (Lipinski definition) is 8. The van der Waals surface area contributed by atoms with Crippen molar-refractivity contribution in [3.8, 4) is 5.75 Å². The van der Waals surface area contributed by atoms with Crippen molar-refractivity contribution < 1.29 is 13.2 Å². The van der Waals surface area contributed by atoms with E-state index in [0.29, 0.717) is 23.9 Å². The summed E-state index contributed by atoms with van der Waals surface area (Å²) in [5.41, 5.74) is 4.65. The summed E-state index contributed by atoms with van der Waals surface area (Å²) in [5, 5.41) is 3.38. The van der Waals surface area contributed by atoms with Crippen LogP contribution in [0.5, 0.6) is 5.75 Å². The predicted molar refractivity (Wildman–Crippen MR) is 155 cm³/mol. The number of aromatic nitrogens is 2. The van der Waals surface area contributed by atoms with Crippen LogP contribution in [0.25, 0.3) is 0 Å². The largest absolute Gasteiger partial charge is 0.497 e. The summed E-state index contributed by atoms with van der Waals surface area (Å²) >= 11 is 0. The molecule has 0 bridgehead atoms.